The Morgan fingerprint density at radius 3 is 2.52 bits per heavy atom. The Hall–Kier alpha value is -1.74. The Balaban J connectivity index is 2.24. The van der Waals surface area contributed by atoms with Gasteiger partial charge >= 0.3 is 12.3 Å². The zero-order chi connectivity index (χ0) is 20.6. The molecule has 0 spiro atoms. The molecule has 2 heterocycles. The molecule has 1 N–H and O–H groups in total. The van der Waals surface area contributed by atoms with Crippen LogP contribution in [0.3, 0.4) is 0 Å². The number of pyridine rings is 1. The normalized spacial score (nSPS) is 18.6. The van der Waals surface area contributed by atoms with Gasteiger partial charge in [-0.15, -0.1) is 0 Å². The van der Waals surface area contributed by atoms with Gasteiger partial charge in [-0.2, -0.15) is 13.2 Å². The SMILES string of the molecule is Cc1c(C(F)(F)F)cnc(N2CCN(C(=O)OC(C)(C)C)C[C@@H]2CO)c1Cl. The lowest BCUT2D eigenvalue weighted by molar-refractivity contribution is -0.138. The van der Waals surface area contributed by atoms with Crippen LogP contribution in [0.5, 0.6) is 0 Å². The first-order valence-electron chi connectivity index (χ1n) is 8.43. The number of nitrogens with zero attached hydrogens (tertiary/aromatic N) is 3. The number of alkyl halides is 3. The summed E-state index contributed by atoms with van der Waals surface area (Å²) in [7, 11) is 0. The molecular weight excluding hydrogens is 387 g/mol. The Morgan fingerprint density at radius 1 is 1.37 bits per heavy atom. The Morgan fingerprint density at radius 2 is 2.00 bits per heavy atom. The summed E-state index contributed by atoms with van der Waals surface area (Å²) in [5.74, 6) is 0.157. The molecule has 152 valence electrons. The molecule has 1 aliphatic heterocycles. The Labute approximate surface area is 160 Å². The van der Waals surface area contributed by atoms with Gasteiger partial charge in [-0.1, -0.05) is 11.6 Å². The van der Waals surface area contributed by atoms with Crippen molar-refractivity contribution >= 4 is 23.5 Å². The van der Waals surface area contributed by atoms with Crippen LogP contribution in [0.2, 0.25) is 5.02 Å². The molecule has 0 aromatic carbocycles. The first-order chi connectivity index (χ1) is 12.3. The maximum Gasteiger partial charge on any atom is 0.418 e. The molecule has 0 saturated carbocycles. The molecule has 0 aliphatic carbocycles. The molecule has 0 bridgehead atoms. The second-order valence-corrected chi connectivity index (χ2v) is 7.77. The largest absolute Gasteiger partial charge is 0.444 e. The van der Waals surface area contributed by atoms with Crippen molar-refractivity contribution in [1.82, 2.24) is 9.88 Å². The lowest BCUT2D eigenvalue weighted by Gasteiger charge is -2.42. The highest BCUT2D eigenvalue weighted by atomic mass is 35.5. The first kappa shape index (κ1) is 21.6. The maximum absolute atomic E-state index is 13.0. The number of hydrogen-bond acceptors (Lipinski definition) is 5. The van der Waals surface area contributed by atoms with E-state index in [-0.39, 0.29) is 42.6 Å². The number of carbonyl (C=O) groups is 1. The quantitative estimate of drug-likeness (QED) is 0.810. The van der Waals surface area contributed by atoms with Crippen molar-refractivity contribution < 1.29 is 27.8 Å². The lowest BCUT2D eigenvalue weighted by atomic mass is 10.1. The minimum absolute atomic E-state index is 0.117. The van der Waals surface area contributed by atoms with E-state index in [0.717, 1.165) is 6.20 Å². The number of rotatable bonds is 2. The number of aliphatic hydroxyl groups excluding tert-OH is 1. The predicted molar refractivity (Wildman–Crippen MR) is 95.0 cm³/mol. The summed E-state index contributed by atoms with van der Waals surface area (Å²) >= 11 is 6.16. The molecule has 1 fully saturated rings. The van der Waals surface area contributed by atoms with Crippen LogP contribution in [-0.2, 0) is 10.9 Å². The number of aromatic nitrogens is 1. The van der Waals surface area contributed by atoms with Gasteiger partial charge in [0.15, 0.2) is 0 Å². The summed E-state index contributed by atoms with van der Waals surface area (Å²) < 4.78 is 44.4. The minimum Gasteiger partial charge on any atom is -0.444 e. The van der Waals surface area contributed by atoms with Gasteiger partial charge in [0.05, 0.1) is 23.2 Å². The molecule has 0 radical (unpaired) electrons. The van der Waals surface area contributed by atoms with Crippen molar-refractivity contribution in [3.05, 3.63) is 22.3 Å². The van der Waals surface area contributed by atoms with Crippen LogP contribution in [0, 0.1) is 6.92 Å². The van der Waals surface area contributed by atoms with Crippen LogP contribution in [0.25, 0.3) is 0 Å². The van der Waals surface area contributed by atoms with E-state index in [1.807, 2.05) is 0 Å². The molecule has 1 amide bonds. The number of anilines is 1. The molecule has 1 saturated heterocycles. The van der Waals surface area contributed by atoms with Gasteiger partial charge in [-0.3, -0.25) is 0 Å². The van der Waals surface area contributed by atoms with Crippen molar-refractivity contribution in [3.63, 3.8) is 0 Å². The second-order valence-electron chi connectivity index (χ2n) is 7.39. The molecule has 0 unspecified atom stereocenters. The standard InChI is InChI=1S/C17H23ClF3N3O3/c1-10-12(17(19,20)21)7-22-14(13(10)18)24-6-5-23(8-11(24)9-25)15(26)27-16(2,3)4/h7,11,25H,5-6,8-9H2,1-4H3/t11-/m1/s1. The fraction of sp³-hybridized carbons (Fsp3) is 0.647. The van der Waals surface area contributed by atoms with Crippen LogP contribution in [-0.4, -0.2) is 59.0 Å². The summed E-state index contributed by atoms with van der Waals surface area (Å²) in [6.07, 6.45) is -4.32. The predicted octanol–water partition coefficient (Wildman–Crippen LogP) is 3.48. The zero-order valence-electron chi connectivity index (χ0n) is 15.6. The number of amides is 1. The van der Waals surface area contributed by atoms with Crippen molar-refractivity contribution in [1.29, 1.82) is 0 Å². The third-order valence-corrected chi connectivity index (χ3v) is 4.62. The number of halogens is 4. The number of hydrogen-bond donors (Lipinski definition) is 1. The van der Waals surface area contributed by atoms with E-state index in [0.29, 0.717) is 0 Å². The molecule has 1 aromatic rings. The minimum atomic E-state index is -4.55. The average Bonchev–Trinajstić information content (AvgIpc) is 2.54. The molecule has 1 atom stereocenters. The average molecular weight is 410 g/mol. The van der Waals surface area contributed by atoms with Crippen molar-refractivity contribution in [3.8, 4) is 0 Å². The highest BCUT2D eigenvalue weighted by Gasteiger charge is 2.37. The zero-order valence-corrected chi connectivity index (χ0v) is 16.4. The van der Waals surface area contributed by atoms with Crippen LogP contribution in [0.15, 0.2) is 6.20 Å². The van der Waals surface area contributed by atoms with E-state index in [1.165, 1.54) is 11.8 Å². The highest BCUT2D eigenvalue weighted by molar-refractivity contribution is 6.33. The number of ether oxygens (including phenoxy) is 1. The van der Waals surface area contributed by atoms with Gasteiger partial charge in [0.2, 0.25) is 0 Å². The van der Waals surface area contributed by atoms with Crippen LogP contribution < -0.4 is 4.90 Å². The summed E-state index contributed by atoms with van der Waals surface area (Å²) in [5.41, 5.74) is -1.68. The topological polar surface area (TPSA) is 65.9 Å². The molecule has 10 heteroatoms. The molecule has 1 aromatic heterocycles. The molecule has 6 nitrogen and oxygen atoms in total. The van der Waals surface area contributed by atoms with E-state index in [1.54, 1.807) is 25.7 Å². The van der Waals surface area contributed by atoms with Gasteiger partial charge in [0, 0.05) is 25.8 Å². The summed E-state index contributed by atoms with van der Waals surface area (Å²) in [6.45, 7) is 6.87. The third-order valence-electron chi connectivity index (χ3n) is 4.17. The van der Waals surface area contributed by atoms with Crippen molar-refractivity contribution in [2.24, 2.45) is 0 Å². The fourth-order valence-electron chi connectivity index (χ4n) is 2.83. The Bertz CT molecular complexity index is 707. The van der Waals surface area contributed by atoms with Crippen molar-refractivity contribution in [2.45, 2.75) is 45.5 Å². The smallest absolute Gasteiger partial charge is 0.418 e. The molecule has 1 aliphatic rings. The number of piperazine rings is 1. The van der Waals surface area contributed by atoms with E-state index in [2.05, 4.69) is 4.98 Å². The molecule has 27 heavy (non-hydrogen) atoms. The maximum atomic E-state index is 13.0. The fourth-order valence-corrected chi connectivity index (χ4v) is 3.09. The second kappa shape index (κ2) is 7.71. The van der Waals surface area contributed by atoms with Gasteiger partial charge in [-0.05, 0) is 33.3 Å². The van der Waals surface area contributed by atoms with E-state index in [4.69, 9.17) is 16.3 Å². The van der Waals surface area contributed by atoms with Crippen molar-refractivity contribution in [2.75, 3.05) is 31.1 Å². The van der Waals surface area contributed by atoms with Gasteiger partial charge in [-0.25, -0.2) is 9.78 Å². The van der Waals surface area contributed by atoms with Crippen LogP contribution in [0.4, 0.5) is 23.8 Å². The summed E-state index contributed by atoms with van der Waals surface area (Å²) in [5, 5.41) is 9.61. The molecule has 2 rings (SSSR count). The third kappa shape index (κ3) is 4.95. The van der Waals surface area contributed by atoms with Gasteiger partial charge in [0.25, 0.3) is 0 Å². The summed E-state index contributed by atoms with van der Waals surface area (Å²) in [4.78, 5) is 19.2. The van der Waals surface area contributed by atoms with Crippen LogP contribution >= 0.6 is 11.6 Å². The van der Waals surface area contributed by atoms with E-state index in [9.17, 15) is 23.1 Å². The van der Waals surface area contributed by atoms with Gasteiger partial charge in [0.1, 0.15) is 11.4 Å². The number of aliphatic hydroxyl groups is 1. The lowest BCUT2D eigenvalue weighted by Crippen LogP contribution is -2.57. The monoisotopic (exact) mass is 409 g/mol. The Kier molecular flexibility index (Phi) is 6.16. The van der Waals surface area contributed by atoms with Gasteiger partial charge < -0.3 is 19.6 Å². The number of carbonyl (C=O) groups excluding carboxylic acids is 1. The van der Waals surface area contributed by atoms with Crippen LogP contribution in [0.1, 0.15) is 31.9 Å². The summed E-state index contributed by atoms with van der Waals surface area (Å²) in [6, 6.07) is -0.563. The van der Waals surface area contributed by atoms with E-state index < -0.39 is 29.5 Å². The molecular formula is C17H23ClF3N3O3. The first-order valence-corrected chi connectivity index (χ1v) is 8.80. The highest BCUT2D eigenvalue weighted by Crippen LogP contribution is 2.38. The van der Waals surface area contributed by atoms with E-state index >= 15 is 0 Å².